The van der Waals surface area contributed by atoms with Gasteiger partial charge in [-0.3, -0.25) is 9.69 Å². The molecular formula is C23H26ClF3N4O3. The van der Waals surface area contributed by atoms with Crippen molar-refractivity contribution in [3.05, 3.63) is 46.6 Å². The summed E-state index contributed by atoms with van der Waals surface area (Å²) in [6.45, 7) is 6.47. The van der Waals surface area contributed by atoms with Crippen LogP contribution in [0.4, 0.5) is 30.4 Å². The first-order valence-corrected chi connectivity index (χ1v) is 10.9. The maximum atomic E-state index is 13.4. The number of anilines is 3. The van der Waals surface area contributed by atoms with Gasteiger partial charge in [-0.1, -0.05) is 17.7 Å². The van der Waals surface area contributed by atoms with E-state index in [0.29, 0.717) is 16.4 Å². The molecule has 3 rings (SSSR count). The summed E-state index contributed by atoms with van der Waals surface area (Å²) in [4.78, 5) is 31.3. The van der Waals surface area contributed by atoms with Gasteiger partial charge in [0, 0.05) is 24.6 Å². The number of hydrogen-bond acceptors (Lipinski definition) is 6. The number of aromatic nitrogens is 1. The second-order valence-electron chi connectivity index (χ2n) is 9.14. The quantitative estimate of drug-likeness (QED) is 0.453. The van der Waals surface area contributed by atoms with E-state index < -0.39 is 41.2 Å². The van der Waals surface area contributed by atoms with E-state index in [1.54, 1.807) is 39.0 Å². The first kappa shape index (κ1) is 25.6. The van der Waals surface area contributed by atoms with Crippen molar-refractivity contribution < 1.29 is 27.5 Å². The molecule has 34 heavy (non-hydrogen) atoms. The minimum absolute atomic E-state index is 0.0611. The number of nitrogens with zero attached hydrogens (tertiary/aromatic N) is 2. The van der Waals surface area contributed by atoms with Crippen molar-refractivity contribution in [1.82, 2.24) is 4.98 Å². The van der Waals surface area contributed by atoms with Crippen molar-refractivity contribution in [3.8, 4) is 0 Å². The molecule has 184 valence electrons. The summed E-state index contributed by atoms with van der Waals surface area (Å²) in [6, 6.07) is 5.40. The topological polar surface area (TPSA) is 97.6 Å². The highest BCUT2D eigenvalue weighted by molar-refractivity contribution is 6.33. The van der Waals surface area contributed by atoms with Crippen LogP contribution in [0.2, 0.25) is 5.02 Å². The van der Waals surface area contributed by atoms with Crippen LogP contribution in [0.3, 0.4) is 0 Å². The molecule has 1 amide bonds. The minimum atomic E-state index is -4.64. The number of halogens is 4. The van der Waals surface area contributed by atoms with Crippen molar-refractivity contribution in [2.45, 2.75) is 51.9 Å². The van der Waals surface area contributed by atoms with Crippen LogP contribution in [-0.4, -0.2) is 35.0 Å². The number of benzene rings is 1. The molecule has 0 bridgehead atoms. The molecule has 7 nitrogen and oxygen atoms in total. The van der Waals surface area contributed by atoms with Crippen molar-refractivity contribution in [2.24, 2.45) is 5.92 Å². The van der Waals surface area contributed by atoms with Crippen molar-refractivity contribution in [2.75, 3.05) is 22.5 Å². The number of nitrogens with one attached hydrogen (secondary N) is 1. The fourth-order valence-electron chi connectivity index (χ4n) is 3.81. The minimum Gasteiger partial charge on any atom is -0.458 e. The van der Waals surface area contributed by atoms with Gasteiger partial charge in [0.2, 0.25) is 5.91 Å². The normalized spacial score (nSPS) is 18.8. The van der Waals surface area contributed by atoms with Crippen LogP contribution in [0.5, 0.6) is 0 Å². The molecular weight excluding hydrogens is 473 g/mol. The van der Waals surface area contributed by atoms with E-state index in [0.717, 1.165) is 17.0 Å². The second kappa shape index (κ2) is 9.32. The number of aryl methyl sites for hydroxylation is 1. The number of ether oxygens (including phenoxy) is 1. The Bertz CT molecular complexity index is 1080. The first-order chi connectivity index (χ1) is 15.7. The van der Waals surface area contributed by atoms with Gasteiger partial charge in [0.25, 0.3) is 0 Å². The Hall–Kier alpha value is -3.01. The average molecular weight is 499 g/mol. The molecule has 0 radical (unpaired) electrons. The molecule has 0 unspecified atom stereocenters. The SMILES string of the molecule is Cc1cc(C(F)(F)F)cc(N2C(=O)C[C@H](CNc3c(N)cccc3Cl)[C@H]2C(=O)OC(C)(C)C)n1. The summed E-state index contributed by atoms with van der Waals surface area (Å²) in [5, 5.41) is 3.42. The number of rotatable bonds is 5. The van der Waals surface area contributed by atoms with Gasteiger partial charge in [0.05, 0.1) is 22.0 Å². The van der Waals surface area contributed by atoms with Gasteiger partial charge >= 0.3 is 12.1 Å². The number of amides is 1. The highest BCUT2D eigenvalue weighted by Gasteiger charge is 2.48. The number of esters is 1. The van der Waals surface area contributed by atoms with E-state index in [1.165, 1.54) is 6.92 Å². The zero-order valence-corrected chi connectivity index (χ0v) is 19.9. The summed E-state index contributed by atoms with van der Waals surface area (Å²) >= 11 is 6.20. The number of pyridine rings is 1. The molecule has 1 fully saturated rings. The van der Waals surface area contributed by atoms with E-state index in [1.807, 2.05) is 0 Å². The Kier molecular flexibility index (Phi) is 7.02. The van der Waals surface area contributed by atoms with Crippen LogP contribution >= 0.6 is 11.6 Å². The van der Waals surface area contributed by atoms with Crippen LogP contribution in [0.1, 0.15) is 38.4 Å². The Morgan fingerprint density at radius 2 is 1.97 bits per heavy atom. The molecule has 11 heteroatoms. The molecule has 1 aliphatic heterocycles. The van der Waals surface area contributed by atoms with Gasteiger partial charge in [-0.15, -0.1) is 0 Å². The molecule has 3 N–H and O–H groups in total. The Morgan fingerprint density at radius 1 is 1.29 bits per heavy atom. The number of carbonyl (C=O) groups is 2. The lowest BCUT2D eigenvalue weighted by Crippen LogP contribution is -2.46. The molecule has 1 aromatic carbocycles. The predicted octanol–water partition coefficient (Wildman–Crippen LogP) is 4.82. The lowest BCUT2D eigenvalue weighted by molar-refractivity contribution is -0.157. The van der Waals surface area contributed by atoms with Gasteiger partial charge in [-0.2, -0.15) is 13.2 Å². The van der Waals surface area contributed by atoms with Crippen molar-refractivity contribution in [1.29, 1.82) is 0 Å². The van der Waals surface area contributed by atoms with Gasteiger partial charge in [0.15, 0.2) is 0 Å². The molecule has 0 aliphatic carbocycles. The number of nitrogens with two attached hydrogens (primary N) is 1. The zero-order chi connectivity index (χ0) is 25.4. The third kappa shape index (κ3) is 5.72. The fourth-order valence-corrected chi connectivity index (χ4v) is 4.06. The average Bonchev–Trinajstić information content (AvgIpc) is 3.01. The Balaban J connectivity index is 1.99. The van der Waals surface area contributed by atoms with Gasteiger partial charge in [-0.05, 0) is 52.0 Å². The fraction of sp³-hybridized carbons (Fsp3) is 0.435. The number of alkyl halides is 3. The molecule has 2 aromatic rings. The first-order valence-electron chi connectivity index (χ1n) is 10.6. The van der Waals surface area contributed by atoms with E-state index >= 15 is 0 Å². The Labute approximate surface area is 200 Å². The third-order valence-electron chi connectivity index (χ3n) is 5.18. The van der Waals surface area contributed by atoms with E-state index in [4.69, 9.17) is 22.1 Å². The molecule has 1 saturated heterocycles. The van der Waals surface area contributed by atoms with Gasteiger partial charge < -0.3 is 15.8 Å². The summed E-state index contributed by atoms with van der Waals surface area (Å²) in [6.07, 6.45) is -4.76. The maximum absolute atomic E-state index is 13.4. The summed E-state index contributed by atoms with van der Waals surface area (Å²) in [7, 11) is 0. The number of carbonyl (C=O) groups excluding carboxylic acids is 2. The van der Waals surface area contributed by atoms with Crippen LogP contribution < -0.4 is 16.0 Å². The molecule has 2 heterocycles. The van der Waals surface area contributed by atoms with E-state index in [2.05, 4.69) is 10.3 Å². The summed E-state index contributed by atoms with van der Waals surface area (Å²) in [5.41, 5.74) is 5.00. The third-order valence-corrected chi connectivity index (χ3v) is 5.49. The van der Waals surface area contributed by atoms with E-state index in [9.17, 15) is 22.8 Å². The number of nitrogen functional groups attached to an aromatic ring is 1. The molecule has 2 atom stereocenters. The van der Waals surface area contributed by atoms with Crippen molar-refractivity contribution in [3.63, 3.8) is 0 Å². The van der Waals surface area contributed by atoms with Crippen LogP contribution in [0.25, 0.3) is 0 Å². The second-order valence-corrected chi connectivity index (χ2v) is 9.55. The van der Waals surface area contributed by atoms with Crippen LogP contribution in [-0.2, 0) is 20.5 Å². The predicted molar refractivity (Wildman–Crippen MR) is 124 cm³/mol. The standard InChI is InChI=1S/C23H26ClF3N4O3/c1-12-8-14(23(25,26)27)10-17(30-12)31-18(32)9-13(20(31)21(33)34-22(2,3)4)11-29-19-15(24)6-5-7-16(19)28/h5-8,10,13,20,29H,9,11,28H2,1-4H3/t13-,20+/m1/s1. The maximum Gasteiger partial charge on any atom is 0.416 e. The van der Waals surface area contributed by atoms with Gasteiger partial charge in [0.1, 0.15) is 17.5 Å². The summed E-state index contributed by atoms with van der Waals surface area (Å²) in [5.74, 6) is -2.18. The highest BCUT2D eigenvalue weighted by atomic mass is 35.5. The lowest BCUT2D eigenvalue weighted by atomic mass is 9.99. The Morgan fingerprint density at radius 3 is 2.56 bits per heavy atom. The molecule has 0 saturated carbocycles. The molecule has 1 aromatic heterocycles. The van der Waals surface area contributed by atoms with Crippen molar-refractivity contribution >= 4 is 40.7 Å². The zero-order valence-electron chi connectivity index (χ0n) is 19.2. The van der Waals surface area contributed by atoms with Gasteiger partial charge in [-0.25, -0.2) is 9.78 Å². The molecule has 0 spiro atoms. The van der Waals surface area contributed by atoms with E-state index in [-0.39, 0.29) is 24.5 Å². The largest absolute Gasteiger partial charge is 0.458 e. The highest BCUT2D eigenvalue weighted by Crippen LogP contribution is 2.37. The molecule has 1 aliphatic rings. The lowest BCUT2D eigenvalue weighted by Gasteiger charge is -2.30. The summed E-state index contributed by atoms with van der Waals surface area (Å²) < 4.78 is 45.8. The number of para-hydroxylation sites is 1. The van der Waals surface area contributed by atoms with Crippen LogP contribution in [0.15, 0.2) is 30.3 Å². The van der Waals surface area contributed by atoms with Crippen LogP contribution in [0, 0.1) is 12.8 Å². The number of hydrogen-bond donors (Lipinski definition) is 2. The monoisotopic (exact) mass is 498 g/mol. The smallest absolute Gasteiger partial charge is 0.416 e.